The summed E-state index contributed by atoms with van der Waals surface area (Å²) in [6.45, 7) is 4.84. The minimum Gasteiger partial charge on any atom is -0.490 e. The molecule has 0 N–H and O–H groups in total. The van der Waals surface area contributed by atoms with Crippen molar-refractivity contribution in [2.75, 3.05) is 6.61 Å². The van der Waals surface area contributed by atoms with E-state index >= 15 is 0 Å². The summed E-state index contributed by atoms with van der Waals surface area (Å²) in [6, 6.07) is 17.1. The van der Waals surface area contributed by atoms with Crippen molar-refractivity contribution >= 4 is 51.0 Å². The molecule has 150 valence electrons. The molecule has 3 aromatic carbocycles. The Labute approximate surface area is 189 Å². The Balaban J connectivity index is 1.85. The highest BCUT2D eigenvalue weighted by molar-refractivity contribution is 9.10. The van der Waals surface area contributed by atoms with Crippen LogP contribution in [0.1, 0.15) is 23.6 Å². The van der Waals surface area contributed by atoms with E-state index in [2.05, 4.69) is 20.9 Å². The first-order valence-corrected chi connectivity index (χ1v) is 10.6. The smallest absolute Gasteiger partial charge is 0.175 e. The molecule has 6 heteroatoms. The normalized spacial score (nSPS) is 11.1. The van der Waals surface area contributed by atoms with E-state index in [0.717, 1.165) is 26.9 Å². The van der Waals surface area contributed by atoms with Gasteiger partial charge in [-0.15, -0.1) is 0 Å². The van der Waals surface area contributed by atoms with Crippen LogP contribution >= 0.6 is 39.1 Å². The number of hydrogen-bond acceptors (Lipinski definition) is 3. The van der Waals surface area contributed by atoms with E-state index in [0.29, 0.717) is 34.8 Å². The molecule has 0 bridgehead atoms. The Bertz CT molecular complexity index is 1040. The third-order valence-electron chi connectivity index (χ3n) is 4.13. The Morgan fingerprint density at radius 2 is 1.79 bits per heavy atom. The molecule has 0 saturated heterocycles. The summed E-state index contributed by atoms with van der Waals surface area (Å²) in [4.78, 5) is 4.57. The summed E-state index contributed by atoms with van der Waals surface area (Å²) in [5.41, 5.74) is 3.74. The lowest BCUT2D eigenvalue weighted by molar-refractivity contribution is 0.267. The van der Waals surface area contributed by atoms with E-state index < -0.39 is 0 Å². The summed E-state index contributed by atoms with van der Waals surface area (Å²) in [7, 11) is 0. The minimum atomic E-state index is 0.383. The summed E-state index contributed by atoms with van der Waals surface area (Å²) in [5.74, 6) is 1.29. The number of aryl methyl sites for hydroxylation is 1. The Morgan fingerprint density at radius 3 is 2.55 bits per heavy atom. The fraction of sp³-hybridized carbons (Fsp3) is 0.174. The zero-order chi connectivity index (χ0) is 20.8. The van der Waals surface area contributed by atoms with Crippen LogP contribution in [0.2, 0.25) is 10.0 Å². The van der Waals surface area contributed by atoms with Crippen LogP contribution in [-0.2, 0) is 6.61 Å². The summed E-state index contributed by atoms with van der Waals surface area (Å²) in [6.07, 6.45) is 1.78. The van der Waals surface area contributed by atoms with Gasteiger partial charge in [-0.2, -0.15) is 0 Å². The molecule has 0 heterocycles. The van der Waals surface area contributed by atoms with Gasteiger partial charge < -0.3 is 9.47 Å². The number of aliphatic imine (C=N–C) groups is 1. The second-order valence-electron chi connectivity index (χ2n) is 6.37. The molecule has 3 nitrogen and oxygen atoms in total. The van der Waals surface area contributed by atoms with Gasteiger partial charge >= 0.3 is 0 Å². The Kier molecular flexibility index (Phi) is 7.59. The number of rotatable bonds is 7. The van der Waals surface area contributed by atoms with Crippen LogP contribution in [0.25, 0.3) is 0 Å². The van der Waals surface area contributed by atoms with Gasteiger partial charge in [0, 0.05) is 16.3 Å². The maximum Gasteiger partial charge on any atom is 0.175 e. The number of nitrogens with zero attached hydrogens (tertiary/aromatic N) is 1. The van der Waals surface area contributed by atoms with Crippen LogP contribution in [0.15, 0.2) is 64.1 Å². The highest BCUT2D eigenvalue weighted by Crippen LogP contribution is 2.37. The largest absolute Gasteiger partial charge is 0.490 e. The maximum absolute atomic E-state index is 6.08. The number of ether oxygens (including phenoxy) is 2. The monoisotopic (exact) mass is 491 g/mol. The van der Waals surface area contributed by atoms with Crippen LogP contribution in [0, 0.1) is 6.92 Å². The van der Waals surface area contributed by atoms with E-state index in [9.17, 15) is 0 Å². The number of halogens is 3. The van der Waals surface area contributed by atoms with Crippen LogP contribution in [0.5, 0.6) is 11.5 Å². The van der Waals surface area contributed by atoms with E-state index in [1.54, 1.807) is 6.21 Å². The Morgan fingerprint density at radius 1 is 1.00 bits per heavy atom. The van der Waals surface area contributed by atoms with Gasteiger partial charge in [0.2, 0.25) is 0 Å². The topological polar surface area (TPSA) is 30.8 Å². The lowest BCUT2D eigenvalue weighted by Crippen LogP contribution is -2.01. The standard InChI is InChI=1S/C23H20BrCl2NO2/c1-3-28-22-11-17(13-27-21-12-19(26)8-7-15(21)2)10-20(24)23(22)29-14-16-5-4-6-18(25)9-16/h4-13H,3,14H2,1-2H3. The first-order valence-electron chi connectivity index (χ1n) is 9.10. The van der Waals surface area contributed by atoms with Crippen LogP contribution < -0.4 is 9.47 Å². The molecule has 0 radical (unpaired) electrons. The number of benzene rings is 3. The Hall–Kier alpha value is -2.01. The molecule has 0 spiro atoms. The fourth-order valence-electron chi connectivity index (χ4n) is 2.71. The van der Waals surface area contributed by atoms with Gasteiger partial charge in [-0.1, -0.05) is 41.4 Å². The van der Waals surface area contributed by atoms with Crippen LogP contribution in [-0.4, -0.2) is 12.8 Å². The molecule has 0 aliphatic carbocycles. The average molecular weight is 493 g/mol. The average Bonchev–Trinajstić information content (AvgIpc) is 2.68. The van der Waals surface area contributed by atoms with Crippen molar-refractivity contribution in [1.82, 2.24) is 0 Å². The predicted molar refractivity (Wildman–Crippen MR) is 125 cm³/mol. The summed E-state index contributed by atoms with van der Waals surface area (Å²) < 4.78 is 12.6. The molecule has 0 saturated carbocycles. The lowest BCUT2D eigenvalue weighted by Gasteiger charge is -2.15. The van der Waals surface area contributed by atoms with Crippen molar-refractivity contribution in [1.29, 1.82) is 0 Å². The van der Waals surface area contributed by atoms with Crippen molar-refractivity contribution in [3.63, 3.8) is 0 Å². The van der Waals surface area contributed by atoms with Crippen molar-refractivity contribution in [3.05, 3.63) is 85.8 Å². The first-order chi connectivity index (χ1) is 14.0. The van der Waals surface area contributed by atoms with Gasteiger partial charge in [0.15, 0.2) is 11.5 Å². The quantitative estimate of drug-likeness (QED) is 0.315. The lowest BCUT2D eigenvalue weighted by atomic mass is 10.2. The summed E-state index contributed by atoms with van der Waals surface area (Å²) in [5, 5.41) is 1.33. The van der Waals surface area contributed by atoms with Gasteiger partial charge in [-0.25, -0.2) is 0 Å². The third-order valence-corrected chi connectivity index (χ3v) is 5.19. The molecule has 0 aliphatic rings. The number of hydrogen-bond donors (Lipinski definition) is 0. The van der Waals surface area contributed by atoms with Gasteiger partial charge in [-0.05, 0) is 82.9 Å². The van der Waals surface area contributed by atoms with Crippen molar-refractivity contribution < 1.29 is 9.47 Å². The molecule has 0 aromatic heterocycles. The first kappa shape index (κ1) is 21.7. The summed E-state index contributed by atoms with van der Waals surface area (Å²) >= 11 is 15.7. The highest BCUT2D eigenvalue weighted by Gasteiger charge is 2.12. The second kappa shape index (κ2) is 10.1. The van der Waals surface area contributed by atoms with E-state index in [1.165, 1.54) is 0 Å². The van der Waals surface area contributed by atoms with E-state index in [-0.39, 0.29) is 0 Å². The molecule has 0 aliphatic heterocycles. The van der Waals surface area contributed by atoms with Gasteiger partial charge in [0.25, 0.3) is 0 Å². The van der Waals surface area contributed by atoms with Crippen molar-refractivity contribution in [3.8, 4) is 11.5 Å². The zero-order valence-electron chi connectivity index (χ0n) is 16.1. The van der Waals surface area contributed by atoms with Crippen molar-refractivity contribution in [2.24, 2.45) is 4.99 Å². The highest BCUT2D eigenvalue weighted by atomic mass is 79.9. The molecule has 0 unspecified atom stereocenters. The molecule has 29 heavy (non-hydrogen) atoms. The SMILES string of the molecule is CCOc1cc(C=Nc2cc(Cl)ccc2C)cc(Br)c1OCc1cccc(Cl)c1. The maximum atomic E-state index is 6.08. The van der Waals surface area contributed by atoms with Crippen molar-refractivity contribution in [2.45, 2.75) is 20.5 Å². The molecule has 0 atom stereocenters. The van der Waals surface area contributed by atoms with E-state index in [4.69, 9.17) is 32.7 Å². The van der Waals surface area contributed by atoms with Gasteiger partial charge in [0.1, 0.15) is 6.61 Å². The zero-order valence-corrected chi connectivity index (χ0v) is 19.2. The third kappa shape index (κ3) is 5.99. The van der Waals surface area contributed by atoms with Gasteiger partial charge in [0.05, 0.1) is 16.8 Å². The fourth-order valence-corrected chi connectivity index (χ4v) is 3.67. The molecule has 0 amide bonds. The molecule has 3 aromatic rings. The molecular weight excluding hydrogens is 473 g/mol. The molecule has 0 fully saturated rings. The molecule has 3 rings (SSSR count). The molecular formula is C23H20BrCl2NO2. The van der Waals surface area contributed by atoms with Crippen LogP contribution in [0.3, 0.4) is 0 Å². The van der Waals surface area contributed by atoms with Gasteiger partial charge in [-0.3, -0.25) is 4.99 Å². The van der Waals surface area contributed by atoms with Crippen LogP contribution in [0.4, 0.5) is 5.69 Å². The predicted octanol–water partition coefficient (Wildman–Crippen LogP) is 7.79. The second-order valence-corrected chi connectivity index (χ2v) is 8.10. The van der Waals surface area contributed by atoms with E-state index in [1.807, 2.05) is 68.4 Å². The minimum absolute atomic E-state index is 0.383.